The maximum atomic E-state index is 14.7. The highest BCUT2D eigenvalue weighted by atomic mass is 35.5. The zero-order chi connectivity index (χ0) is 28.7. The van der Waals surface area contributed by atoms with Crippen molar-refractivity contribution >= 4 is 40.9 Å². The van der Waals surface area contributed by atoms with Crippen molar-refractivity contribution in [2.75, 3.05) is 11.4 Å². The molecule has 0 radical (unpaired) electrons. The van der Waals surface area contributed by atoms with Gasteiger partial charge in [-0.25, -0.2) is 13.7 Å². The predicted molar refractivity (Wildman–Crippen MR) is 141 cm³/mol. The van der Waals surface area contributed by atoms with Crippen LogP contribution >= 0.6 is 11.6 Å². The lowest BCUT2D eigenvalue weighted by molar-refractivity contribution is -0.140. The van der Waals surface area contributed by atoms with E-state index in [9.17, 15) is 33.1 Å². The van der Waals surface area contributed by atoms with Gasteiger partial charge >= 0.3 is 0 Å². The van der Waals surface area contributed by atoms with Gasteiger partial charge in [0.2, 0.25) is 23.6 Å². The largest absolute Gasteiger partial charge is 0.505 e. The Kier molecular flexibility index (Phi) is 6.14. The first-order valence-electron chi connectivity index (χ1n) is 13.4. The number of carbonyl (C=O) groups is 4. The maximum absolute atomic E-state index is 14.7. The smallest absolute Gasteiger partial charge is 0.241 e. The van der Waals surface area contributed by atoms with E-state index >= 15 is 0 Å². The van der Waals surface area contributed by atoms with Crippen molar-refractivity contribution in [3.8, 4) is 5.75 Å². The van der Waals surface area contributed by atoms with Crippen LogP contribution in [0.15, 0.2) is 48.0 Å². The van der Waals surface area contributed by atoms with Gasteiger partial charge in [-0.3, -0.25) is 24.1 Å². The second-order valence-corrected chi connectivity index (χ2v) is 11.7. The summed E-state index contributed by atoms with van der Waals surface area (Å²) in [5.41, 5.74) is -0.604. The Hall–Kier alpha value is -3.59. The minimum atomic E-state index is -1.47. The first-order valence-corrected chi connectivity index (χ1v) is 13.8. The van der Waals surface area contributed by atoms with Crippen molar-refractivity contribution in [1.29, 1.82) is 0 Å². The summed E-state index contributed by atoms with van der Waals surface area (Å²) in [7, 11) is 0. The molecule has 2 aliphatic carbocycles. The van der Waals surface area contributed by atoms with Gasteiger partial charge in [0.25, 0.3) is 0 Å². The van der Waals surface area contributed by atoms with Crippen molar-refractivity contribution in [2.45, 2.75) is 39.0 Å². The molecule has 6 unspecified atom stereocenters. The average Bonchev–Trinajstić information content (AvgIpc) is 3.28. The minimum absolute atomic E-state index is 0.0929. The molecule has 40 heavy (non-hydrogen) atoms. The number of imide groups is 2. The molecule has 2 aromatic rings. The van der Waals surface area contributed by atoms with Crippen LogP contribution in [0.2, 0.25) is 5.02 Å². The van der Waals surface area contributed by atoms with Crippen molar-refractivity contribution < 1.29 is 33.1 Å². The number of likely N-dealkylation sites (tertiary alicyclic amines) is 1. The van der Waals surface area contributed by atoms with E-state index in [1.807, 2.05) is 13.0 Å². The molecule has 2 heterocycles. The number of nitrogens with zero attached hydrogens (tertiary/aromatic N) is 2. The summed E-state index contributed by atoms with van der Waals surface area (Å²) < 4.78 is 28.6. The number of halogens is 3. The number of anilines is 1. The molecular formula is C30H27ClF2N2O5. The molecule has 0 spiro atoms. The van der Waals surface area contributed by atoms with Gasteiger partial charge in [-0.1, -0.05) is 42.3 Å². The summed E-state index contributed by atoms with van der Waals surface area (Å²) in [5.74, 6) is -7.72. The van der Waals surface area contributed by atoms with Crippen LogP contribution in [0.3, 0.4) is 0 Å². The third kappa shape index (κ3) is 3.46. The Morgan fingerprint density at radius 1 is 1.02 bits per heavy atom. The average molecular weight is 569 g/mol. The fraction of sp³-hybridized carbons (Fsp3) is 0.400. The van der Waals surface area contributed by atoms with Crippen LogP contribution in [0.1, 0.15) is 44.6 Å². The van der Waals surface area contributed by atoms with E-state index in [1.165, 1.54) is 29.2 Å². The first-order chi connectivity index (χ1) is 19.0. The fourth-order valence-corrected chi connectivity index (χ4v) is 7.68. The summed E-state index contributed by atoms with van der Waals surface area (Å²) in [4.78, 5) is 57.3. The molecule has 3 fully saturated rings. The predicted octanol–water partition coefficient (Wildman–Crippen LogP) is 4.96. The van der Waals surface area contributed by atoms with E-state index in [0.717, 1.165) is 17.0 Å². The van der Waals surface area contributed by atoms with Gasteiger partial charge in [0, 0.05) is 18.0 Å². The third-order valence-electron chi connectivity index (χ3n) is 9.30. The normalized spacial score (nSPS) is 31.3. The summed E-state index contributed by atoms with van der Waals surface area (Å²) in [6.07, 6.45) is 2.81. The standard InChI is InChI=1S/C30H27ClF2N2O5/c1-3-11-34-26(37)16-9-8-15-18(23(16)28(34)39)13-19-27(38)35(14-7-10-21(32)20(31)12-14)29(40)30(19,2)24(15)17-5-4-6-22(33)25(17)36/h4-8,10,12,16,18-19,23-24,36H,3,9,11,13H2,1-2H3. The monoisotopic (exact) mass is 568 g/mol. The molecule has 10 heteroatoms. The molecule has 6 atom stereocenters. The van der Waals surface area contributed by atoms with E-state index in [0.29, 0.717) is 18.5 Å². The Morgan fingerprint density at radius 3 is 2.48 bits per heavy atom. The molecule has 4 aliphatic rings. The number of phenols is 1. The van der Waals surface area contributed by atoms with Crippen LogP contribution in [0.4, 0.5) is 14.5 Å². The molecule has 2 saturated heterocycles. The van der Waals surface area contributed by atoms with Crippen molar-refractivity contribution in [1.82, 2.24) is 4.90 Å². The SMILES string of the molecule is CCCN1C(=O)C2CC=C3C(CC4C(=O)N(c5ccc(F)c(Cl)c5)C(=O)C4(C)C3c3cccc(F)c3O)C2C1=O. The highest BCUT2D eigenvalue weighted by Gasteiger charge is 2.67. The molecule has 6 rings (SSSR count). The zero-order valence-electron chi connectivity index (χ0n) is 21.9. The van der Waals surface area contributed by atoms with E-state index in [4.69, 9.17) is 11.6 Å². The lowest BCUT2D eigenvalue weighted by atomic mass is 9.51. The molecule has 1 N–H and O–H groups in total. The van der Waals surface area contributed by atoms with E-state index in [-0.39, 0.29) is 40.9 Å². The van der Waals surface area contributed by atoms with Crippen LogP contribution < -0.4 is 4.90 Å². The van der Waals surface area contributed by atoms with E-state index in [2.05, 4.69) is 0 Å². The topological polar surface area (TPSA) is 95.0 Å². The Bertz CT molecular complexity index is 1530. The number of hydrogen-bond acceptors (Lipinski definition) is 5. The number of phenolic OH excluding ortho intramolecular Hbond substituents is 1. The maximum Gasteiger partial charge on any atom is 0.241 e. The number of para-hydroxylation sites is 1. The zero-order valence-corrected chi connectivity index (χ0v) is 22.6. The lowest BCUT2D eigenvalue weighted by Gasteiger charge is -2.49. The summed E-state index contributed by atoms with van der Waals surface area (Å²) in [5, 5.41) is 10.6. The summed E-state index contributed by atoms with van der Waals surface area (Å²) in [6.45, 7) is 3.78. The molecule has 0 aromatic heterocycles. The van der Waals surface area contributed by atoms with Crippen LogP contribution in [0, 0.1) is 40.7 Å². The van der Waals surface area contributed by atoms with Crippen molar-refractivity contribution in [3.63, 3.8) is 0 Å². The van der Waals surface area contributed by atoms with Gasteiger partial charge in [0.15, 0.2) is 11.6 Å². The quantitative estimate of drug-likeness (QED) is 0.415. The van der Waals surface area contributed by atoms with E-state index < -0.39 is 64.2 Å². The number of amides is 4. The molecule has 1 saturated carbocycles. The van der Waals surface area contributed by atoms with E-state index in [1.54, 1.807) is 6.92 Å². The van der Waals surface area contributed by atoms with Crippen molar-refractivity contribution in [2.24, 2.45) is 29.1 Å². The number of hydrogen-bond donors (Lipinski definition) is 1. The summed E-state index contributed by atoms with van der Waals surface area (Å²) >= 11 is 5.99. The second kappa shape index (κ2) is 9.23. The number of rotatable bonds is 4. The number of carbonyl (C=O) groups excluding carboxylic acids is 4. The van der Waals surface area contributed by atoms with Gasteiger partial charge in [-0.05, 0) is 56.4 Å². The molecule has 4 amide bonds. The number of aromatic hydroxyl groups is 1. The van der Waals surface area contributed by atoms with Crippen molar-refractivity contribution in [3.05, 3.63) is 70.3 Å². The van der Waals surface area contributed by atoms with Gasteiger partial charge in [0.05, 0.1) is 33.9 Å². The van der Waals surface area contributed by atoms with Gasteiger partial charge < -0.3 is 5.11 Å². The highest BCUT2D eigenvalue weighted by molar-refractivity contribution is 6.31. The Labute approximate surface area is 234 Å². The van der Waals surface area contributed by atoms with Gasteiger partial charge in [-0.15, -0.1) is 0 Å². The number of benzene rings is 2. The highest BCUT2D eigenvalue weighted by Crippen LogP contribution is 2.64. The molecule has 0 bridgehead atoms. The van der Waals surface area contributed by atoms with Gasteiger partial charge in [0.1, 0.15) is 5.82 Å². The molecule has 208 valence electrons. The van der Waals surface area contributed by atoms with Crippen LogP contribution in [-0.2, 0) is 19.2 Å². The second-order valence-electron chi connectivity index (χ2n) is 11.3. The minimum Gasteiger partial charge on any atom is -0.505 e. The van der Waals surface area contributed by atoms with Gasteiger partial charge in [-0.2, -0.15) is 0 Å². The Morgan fingerprint density at radius 2 is 1.77 bits per heavy atom. The molecular weight excluding hydrogens is 542 g/mol. The molecule has 7 nitrogen and oxygen atoms in total. The number of fused-ring (bicyclic) bond motifs is 4. The molecule has 2 aromatic carbocycles. The third-order valence-corrected chi connectivity index (χ3v) is 9.59. The number of allylic oxidation sites excluding steroid dienone is 2. The Balaban J connectivity index is 1.53. The summed E-state index contributed by atoms with van der Waals surface area (Å²) in [6, 6.07) is 7.59. The molecule has 2 aliphatic heterocycles. The van der Waals surface area contributed by atoms with Crippen LogP contribution in [0.5, 0.6) is 5.75 Å². The van der Waals surface area contributed by atoms with Crippen LogP contribution in [0.25, 0.3) is 0 Å². The first kappa shape index (κ1) is 26.6. The lowest BCUT2D eigenvalue weighted by Crippen LogP contribution is -2.49. The fourth-order valence-electron chi connectivity index (χ4n) is 7.50. The van der Waals surface area contributed by atoms with Crippen LogP contribution in [-0.4, -0.2) is 40.2 Å².